The molecular weight excluding hydrogens is 420 g/mol. The largest absolute Gasteiger partial charge is 0.462 e. The number of nitrogens with zero attached hydrogens (tertiary/aromatic N) is 1. The van der Waals surface area contributed by atoms with Crippen molar-refractivity contribution in [2.75, 3.05) is 11.9 Å². The van der Waals surface area contributed by atoms with Gasteiger partial charge in [0.15, 0.2) is 5.11 Å². The van der Waals surface area contributed by atoms with Crippen LogP contribution in [0.15, 0.2) is 60.9 Å². The first kappa shape index (κ1) is 21.4. The van der Waals surface area contributed by atoms with Gasteiger partial charge in [0.2, 0.25) is 0 Å². The van der Waals surface area contributed by atoms with Crippen LogP contribution in [0.5, 0.6) is 0 Å². The average Bonchev–Trinajstić information content (AvgIpc) is 3.15. The van der Waals surface area contributed by atoms with Gasteiger partial charge in [-0.2, -0.15) is 0 Å². The highest BCUT2D eigenvalue weighted by molar-refractivity contribution is 7.80. The van der Waals surface area contributed by atoms with Crippen molar-refractivity contribution < 1.29 is 14.3 Å². The lowest BCUT2D eigenvalue weighted by Crippen LogP contribution is -2.43. The summed E-state index contributed by atoms with van der Waals surface area (Å²) in [6, 6.07) is 15.0. The molecule has 0 aliphatic heterocycles. The van der Waals surface area contributed by atoms with Crippen molar-refractivity contribution in [3.8, 4) is 0 Å². The van der Waals surface area contributed by atoms with Gasteiger partial charge >= 0.3 is 5.97 Å². The fourth-order valence-corrected chi connectivity index (χ4v) is 3.90. The number of nitrogens with one attached hydrogen (secondary N) is 3. The fourth-order valence-electron chi connectivity index (χ4n) is 2.60. The standard InChI is InChI=1S/C21H20N4O3S2/c1-2-28-20(27)17-12-16(11-14-7-4-3-5-8-14)30-19(17)23-21(29)25-24-18(26)15-9-6-10-22-13-15/h3-10,12-13H,2,11H2,1H3,(H,24,26)(H2,23,25,29). The number of carbonyl (C=O) groups is 2. The second-order valence-electron chi connectivity index (χ2n) is 6.11. The summed E-state index contributed by atoms with van der Waals surface area (Å²) in [5.41, 5.74) is 7.05. The summed E-state index contributed by atoms with van der Waals surface area (Å²) in [5, 5.41) is 3.66. The summed E-state index contributed by atoms with van der Waals surface area (Å²) < 4.78 is 5.16. The normalized spacial score (nSPS) is 10.2. The lowest BCUT2D eigenvalue weighted by molar-refractivity contribution is 0.0528. The number of carbonyl (C=O) groups excluding carboxylic acids is 2. The van der Waals surface area contributed by atoms with Crippen molar-refractivity contribution in [3.63, 3.8) is 0 Å². The van der Waals surface area contributed by atoms with Gasteiger partial charge in [0.1, 0.15) is 5.00 Å². The lowest BCUT2D eigenvalue weighted by Gasteiger charge is -2.11. The van der Waals surface area contributed by atoms with Crippen molar-refractivity contribution in [2.24, 2.45) is 0 Å². The monoisotopic (exact) mass is 440 g/mol. The Balaban J connectivity index is 1.68. The first-order valence-corrected chi connectivity index (χ1v) is 10.4. The number of ether oxygens (including phenoxy) is 1. The molecule has 3 rings (SSSR count). The molecule has 1 amide bonds. The Kier molecular flexibility index (Phi) is 7.47. The highest BCUT2D eigenvalue weighted by atomic mass is 32.1. The van der Waals surface area contributed by atoms with E-state index in [0.29, 0.717) is 22.5 Å². The topological polar surface area (TPSA) is 92.4 Å². The van der Waals surface area contributed by atoms with Gasteiger partial charge in [-0.1, -0.05) is 30.3 Å². The van der Waals surface area contributed by atoms with E-state index in [1.807, 2.05) is 30.3 Å². The maximum Gasteiger partial charge on any atom is 0.341 e. The van der Waals surface area contributed by atoms with E-state index in [2.05, 4.69) is 21.2 Å². The highest BCUT2D eigenvalue weighted by Crippen LogP contribution is 2.30. The Morgan fingerprint density at radius 3 is 2.63 bits per heavy atom. The van der Waals surface area contributed by atoms with E-state index in [1.54, 1.807) is 31.3 Å². The van der Waals surface area contributed by atoms with Gasteiger partial charge in [-0.25, -0.2) is 4.79 Å². The first-order chi connectivity index (χ1) is 14.6. The second kappa shape index (κ2) is 10.5. The zero-order valence-corrected chi connectivity index (χ0v) is 17.8. The molecule has 0 saturated carbocycles. The van der Waals surface area contributed by atoms with Crippen LogP contribution in [0, 0.1) is 0 Å². The molecule has 30 heavy (non-hydrogen) atoms. The summed E-state index contributed by atoms with van der Waals surface area (Å²) in [7, 11) is 0. The average molecular weight is 441 g/mol. The minimum Gasteiger partial charge on any atom is -0.462 e. The van der Waals surface area contributed by atoms with Crippen molar-refractivity contribution >= 4 is 45.5 Å². The molecule has 3 N–H and O–H groups in total. The van der Waals surface area contributed by atoms with Crippen LogP contribution in [0.4, 0.5) is 5.00 Å². The maximum atomic E-state index is 12.4. The van der Waals surface area contributed by atoms with Gasteiger partial charge < -0.3 is 10.1 Å². The van der Waals surface area contributed by atoms with Gasteiger partial charge in [-0.05, 0) is 42.9 Å². The molecule has 3 aromatic rings. The predicted octanol–water partition coefficient (Wildman–Crippen LogP) is 3.54. The van der Waals surface area contributed by atoms with Gasteiger partial charge in [0.05, 0.1) is 17.7 Å². The zero-order valence-electron chi connectivity index (χ0n) is 16.2. The van der Waals surface area contributed by atoms with Crippen LogP contribution in [0.2, 0.25) is 0 Å². The number of rotatable bonds is 6. The third kappa shape index (κ3) is 5.85. The van der Waals surface area contributed by atoms with Crippen LogP contribution in [-0.2, 0) is 11.2 Å². The second-order valence-corrected chi connectivity index (χ2v) is 7.66. The summed E-state index contributed by atoms with van der Waals surface area (Å²) in [5.74, 6) is -0.813. The molecule has 1 aromatic carbocycles. The minimum atomic E-state index is -0.433. The molecule has 154 valence electrons. The SMILES string of the molecule is CCOC(=O)c1cc(Cc2ccccc2)sc1NC(=S)NNC(=O)c1cccnc1. The van der Waals surface area contributed by atoms with E-state index in [0.717, 1.165) is 10.4 Å². The van der Waals surface area contributed by atoms with Crippen LogP contribution in [0.1, 0.15) is 38.1 Å². The molecular formula is C21H20N4O3S2. The van der Waals surface area contributed by atoms with Crippen molar-refractivity contribution in [3.05, 3.63) is 82.5 Å². The van der Waals surface area contributed by atoms with Crippen molar-refractivity contribution in [1.82, 2.24) is 15.8 Å². The van der Waals surface area contributed by atoms with Gasteiger partial charge in [0, 0.05) is 23.7 Å². The molecule has 0 bridgehead atoms. The Labute approximate surface area is 183 Å². The molecule has 2 heterocycles. The van der Waals surface area contributed by atoms with Gasteiger partial charge in [-0.15, -0.1) is 11.3 Å². The van der Waals surface area contributed by atoms with E-state index in [-0.39, 0.29) is 17.6 Å². The number of aromatic nitrogens is 1. The van der Waals surface area contributed by atoms with E-state index in [4.69, 9.17) is 17.0 Å². The van der Waals surface area contributed by atoms with E-state index < -0.39 is 5.97 Å². The Morgan fingerprint density at radius 1 is 1.13 bits per heavy atom. The van der Waals surface area contributed by atoms with E-state index >= 15 is 0 Å². The quantitative estimate of drug-likeness (QED) is 0.307. The summed E-state index contributed by atoms with van der Waals surface area (Å²) in [6.07, 6.45) is 3.70. The number of anilines is 1. The third-order valence-corrected chi connectivity index (χ3v) is 5.19. The van der Waals surface area contributed by atoms with Crippen LogP contribution >= 0.6 is 23.6 Å². The molecule has 2 aromatic heterocycles. The van der Waals surface area contributed by atoms with E-state index in [9.17, 15) is 9.59 Å². The van der Waals surface area contributed by atoms with Crippen LogP contribution in [0.25, 0.3) is 0 Å². The lowest BCUT2D eigenvalue weighted by atomic mass is 10.1. The Bertz CT molecular complexity index is 1020. The van der Waals surface area contributed by atoms with Gasteiger partial charge in [0.25, 0.3) is 5.91 Å². The number of pyridine rings is 1. The summed E-state index contributed by atoms with van der Waals surface area (Å²) in [6.45, 7) is 2.02. The molecule has 0 aliphatic rings. The molecule has 0 fully saturated rings. The third-order valence-electron chi connectivity index (χ3n) is 3.94. The molecule has 0 aliphatic carbocycles. The molecule has 0 spiro atoms. The van der Waals surface area contributed by atoms with Crippen LogP contribution in [0.3, 0.4) is 0 Å². The summed E-state index contributed by atoms with van der Waals surface area (Å²) >= 11 is 6.66. The van der Waals surface area contributed by atoms with Gasteiger partial charge in [-0.3, -0.25) is 20.6 Å². The fraction of sp³-hybridized carbons (Fsp3) is 0.143. The molecule has 0 radical (unpaired) electrons. The molecule has 9 heteroatoms. The van der Waals surface area contributed by atoms with Crippen molar-refractivity contribution in [2.45, 2.75) is 13.3 Å². The first-order valence-electron chi connectivity index (χ1n) is 9.18. The highest BCUT2D eigenvalue weighted by Gasteiger charge is 2.18. The van der Waals surface area contributed by atoms with E-state index in [1.165, 1.54) is 17.5 Å². The smallest absolute Gasteiger partial charge is 0.341 e. The predicted molar refractivity (Wildman–Crippen MR) is 121 cm³/mol. The number of hydrogen-bond donors (Lipinski definition) is 3. The summed E-state index contributed by atoms with van der Waals surface area (Å²) in [4.78, 5) is 29.3. The number of hydrogen-bond acceptors (Lipinski definition) is 6. The number of thiocarbonyl (C=S) groups is 1. The Morgan fingerprint density at radius 2 is 1.93 bits per heavy atom. The van der Waals surface area contributed by atoms with Crippen LogP contribution < -0.4 is 16.2 Å². The number of esters is 1. The Hall–Kier alpha value is -3.30. The molecule has 0 atom stereocenters. The van der Waals surface area contributed by atoms with Crippen molar-refractivity contribution in [1.29, 1.82) is 0 Å². The molecule has 0 unspecified atom stereocenters. The number of thiophene rings is 1. The number of hydrazine groups is 1. The molecule has 7 nitrogen and oxygen atoms in total. The molecule has 0 saturated heterocycles. The maximum absolute atomic E-state index is 12.4. The number of benzene rings is 1. The number of amides is 1. The zero-order chi connectivity index (χ0) is 21.3. The minimum absolute atomic E-state index is 0.144. The van der Waals surface area contributed by atoms with Crippen LogP contribution in [-0.4, -0.2) is 28.6 Å².